The lowest BCUT2D eigenvalue weighted by molar-refractivity contribution is -0.154. The van der Waals surface area contributed by atoms with E-state index in [0.29, 0.717) is 0 Å². The van der Waals surface area contributed by atoms with Crippen molar-refractivity contribution >= 4 is 5.97 Å². The molecule has 1 aromatic rings. The Hall–Kier alpha value is -2.11. The quantitative estimate of drug-likeness (QED) is 0.376. The number of carbonyl (C=O) groups is 1. The molecular formula is C11H12FN3O3. The molecule has 0 fully saturated rings. The van der Waals surface area contributed by atoms with Crippen LogP contribution in [0.25, 0.3) is 10.4 Å². The number of hydrogen-bond acceptors (Lipinski definition) is 4. The molecule has 0 aliphatic rings. The van der Waals surface area contributed by atoms with Gasteiger partial charge in [0.15, 0.2) is 6.10 Å². The van der Waals surface area contributed by atoms with Crippen LogP contribution in [0, 0.1) is 5.82 Å². The summed E-state index contributed by atoms with van der Waals surface area (Å²) < 4.78 is 17.7. The first-order valence-electron chi connectivity index (χ1n) is 5.24. The van der Waals surface area contributed by atoms with Gasteiger partial charge in [0.25, 0.3) is 0 Å². The highest BCUT2D eigenvalue weighted by Crippen LogP contribution is 2.23. The molecule has 96 valence electrons. The van der Waals surface area contributed by atoms with E-state index in [1.54, 1.807) is 6.92 Å². The van der Waals surface area contributed by atoms with E-state index >= 15 is 0 Å². The maximum absolute atomic E-state index is 13.0. The van der Waals surface area contributed by atoms with Crippen molar-refractivity contribution in [3.63, 3.8) is 0 Å². The Morgan fingerprint density at radius 3 is 2.94 bits per heavy atom. The Bertz CT molecular complexity index is 474. The molecule has 0 radical (unpaired) electrons. The van der Waals surface area contributed by atoms with Crippen LogP contribution in [-0.2, 0) is 9.53 Å². The van der Waals surface area contributed by atoms with Gasteiger partial charge in [0.05, 0.1) is 12.6 Å². The molecule has 0 heterocycles. The van der Waals surface area contributed by atoms with Crippen molar-refractivity contribution in [1.29, 1.82) is 0 Å². The van der Waals surface area contributed by atoms with Crippen molar-refractivity contribution in [1.82, 2.24) is 0 Å². The van der Waals surface area contributed by atoms with Crippen molar-refractivity contribution in [2.45, 2.75) is 19.1 Å². The van der Waals surface area contributed by atoms with Crippen LogP contribution in [0.2, 0.25) is 0 Å². The number of rotatable bonds is 5. The molecule has 1 N–H and O–H groups in total. The SMILES string of the molecule is CCOC(=O)[C@H](O)[C@@H](N=[N+]=[N-])c1cccc(F)c1. The van der Waals surface area contributed by atoms with Crippen LogP contribution in [-0.4, -0.2) is 23.8 Å². The molecule has 2 atom stereocenters. The topological polar surface area (TPSA) is 95.3 Å². The molecule has 6 nitrogen and oxygen atoms in total. The van der Waals surface area contributed by atoms with Crippen molar-refractivity contribution in [3.8, 4) is 0 Å². The third-order valence-corrected chi connectivity index (χ3v) is 2.19. The maximum atomic E-state index is 13.0. The number of ether oxygens (including phenoxy) is 1. The standard InChI is InChI=1S/C11H12FN3O3/c1-2-18-11(17)10(16)9(14-15-13)7-4-3-5-8(12)6-7/h3-6,9-10,16H,2H2,1H3/t9-,10+/m0/s1. The van der Waals surface area contributed by atoms with Crippen LogP contribution in [0.15, 0.2) is 29.4 Å². The van der Waals surface area contributed by atoms with Gasteiger partial charge >= 0.3 is 5.97 Å². The van der Waals surface area contributed by atoms with E-state index in [0.717, 1.165) is 6.07 Å². The number of aliphatic hydroxyl groups is 1. The van der Waals surface area contributed by atoms with E-state index in [4.69, 9.17) is 5.53 Å². The first kappa shape index (κ1) is 14.0. The summed E-state index contributed by atoms with van der Waals surface area (Å²) in [7, 11) is 0. The van der Waals surface area contributed by atoms with Crippen LogP contribution in [0.5, 0.6) is 0 Å². The predicted molar refractivity (Wildman–Crippen MR) is 60.9 cm³/mol. The Kier molecular flexibility index (Phi) is 5.10. The zero-order chi connectivity index (χ0) is 13.5. The summed E-state index contributed by atoms with van der Waals surface area (Å²) in [4.78, 5) is 13.9. The first-order valence-corrected chi connectivity index (χ1v) is 5.24. The van der Waals surface area contributed by atoms with Crippen molar-refractivity contribution in [2.75, 3.05) is 6.61 Å². The van der Waals surface area contributed by atoms with Crippen LogP contribution >= 0.6 is 0 Å². The van der Waals surface area contributed by atoms with Crippen LogP contribution in [0.4, 0.5) is 4.39 Å². The highest BCUT2D eigenvalue weighted by molar-refractivity contribution is 5.75. The predicted octanol–water partition coefficient (Wildman–Crippen LogP) is 2.10. The van der Waals surface area contributed by atoms with Crippen molar-refractivity contribution in [3.05, 3.63) is 46.1 Å². The van der Waals surface area contributed by atoms with Gasteiger partial charge in [0.1, 0.15) is 5.82 Å². The molecule has 0 saturated carbocycles. The average Bonchev–Trinajstić information content (AvgIpc) is 2.35. The lowest BCUT2D eigenvalue weighted by Gasteiger charge is -2.17. The summed E-state index contributed by atoms with van der Waals surface area (Å²) in [5.41, 5.74) is 8.63. The molecular weight excluding hydrogens is 241 g/mol. The number of benzene rings is 1. The lowest BCUT2D eigenvalue weighted by Crippen LogP contribution is -2.29. The molecule has 0 aliphatic heterocycles. The van der Waals surface area contributed by atoms with E-state index in [-0.39, 0.29) is 12.2 Å². The van der Waals surface area contributed by atoms with Gasteiger partial charge < -0.3 is 9.84 Å². The molecule has 0 aliphatic carbocycles. The van der Waals surface area contributed by atoms with Crippen LogP contribution in [0.3, 0.4) is 0 Å². The van der Waals surface area contributed by atoms with Gasteiger partial charge in [-0.3, -0.25) is 0 Å². The minimum atomic E-state index is -1.66. The number of halogens is 1. The highest BCUT2D eigenvalue weighted by Gasteiger charge is 2.28. The highest BCUT2D eigenvalue weighted by atomic mass is 19.1. The van der Waals surface area contributed by atoms with E-state index in [9.17, 15) is 14.3 Å². The summed E-state index contributed by atoms with van der Waals surface area (Å²) in [6.45, 7) is 1.66. The van der Waals surface area contributed by atoms with Gasteiger partial charge in [-0.25, -0.2) is 9.18 Å². The van der Waals surface area contributed by atoms with Crippen molar-refractivity contribution < 1.29 is 19.0 Å². The third kappa shape index (κ3) is 3.44. The zero-order valence-electron chi connectivity index (χ0n) is 9.65. The van der Waals surface area contributed by atoms with Gasteiger partial charge in [-0.2, -0.15) is 0 Å². The largest absolute Gasteiger partial charge is 0.464 e. The second kappa shape index (κ2) is 6.58. The maximum Gasteiger partial charge on any atom is 0.335 e. The smallest absolute Gasteiger partial charge is 0.335 e. The molecule has 1 aromatic carbocycles. The fraction of sp³-hybridized carbons (Fsp3) is 0.364. The molecule has 1 rings (SSSR count). The van der Waals surface area contributed by atoms with E-state index in [1.807, 2.05) is 0 Å². The lowest BCUT2D eigenvalue weighted by atomic mass is 10.0. The second-order valence-corrected chi connectivity index (χ2v) is 3.40. The summed E-state index contributed by atoms with van der Waals surface area (Å²) in [5.74, 6) is -1.47. The number of nitrogens with zero attached hydrogens (tertiary/aromatic N) is 3. The summed E-state index contributed by atoms with van der Waals surface area (Å²) in [6, 6.07) is 3.91. The fourth-order valence-electron chi connectivity index (χ4n) is 1.41. The molecule has 0 spiro atoms. The normalized spacial score (nSPS) is 13.3. The Labute approximate surface area is 103 Å². The fourth-order valence-corrected chi connectivity index (χ4v) is 1.41. The van der Waals surface area contributed by atoms with Crippen LogP contribution < -0.4 is 0 Å². The minimum absolute atomic E-state index is 0.0853. The Balaban J connectivity index is 3.02. The van der Waals surface area contributed by atoms with Gasteiger partial charge in [0.2, 0.25) is 0 Å². The Morgan fingerprint density at radius 2 is 2.39 bits per heavy atom. The monoisotopic (exact) mass is 253 g/mol. The Morgan fingerprint density at radius 1 is 1.67 bits per heavy atom. The minimum Gasteiger partial charge on any atom is -0.464 e. The average molecular weight is 253 g/mol. The van der Waals surface area contributed by atoms with E-state index in [2.05, 4.69) is 14.8 Å². The molecule has 0 unspecified atom stereocenters. The number of hydrogen-bond donors (Lipinski definition) is 1. The molecule has 18 heavy (non-hydrogen) atoms. The first-order chi connectivity index (χ1) is 8.60. The third-order valence-electron chi connectivity index (χ3n) is 2.19. The van der Waals surface area contributed by atoms with Gasteiger partial charge in [-0.05, 0) is 30.2 Å². The number of azide groups is 1. The molecule has 7 heteroatoms. The summed E-state index contributed by atoms with van der Waals surface area (Å²) in [6.07, 6.45) is -1.66. The second-order valence-electron chi connectivity index (χ2n) is 3.40. The van der Waals surface area contributed by atoms with Gasteiger partial charge in [-0.15, -0.1) is 0 Å². The van der Waals surface area contributed by atoms with E-state index in [1.165, 1.54) is 18.2 Å². The molecule has 0 amide bonds. The summed E-state index contributed by atoms with van der Waals surface area (Å²) in [5, 5.41) is 13.0. The zero-order valence-corrected chi connectivity index (χ0v) is 9.65. The number of carbonyl (C=O) groups excluding carboxylic acids is 1. The molecule has 0 aromatic heterocycles. The number of aliphatic hydroxyl groups excluding tert-OH is 1. The molecule has 0 saturated heterocycles. The van der Waals surface area contributed by atoms with Gasteiger partial charge in [0, 0.05) is 4.91 Å². The number of esters is 1. The van der Waals surface area contributed by atoms with Crippen LogP contribution in [0.1, 0.15) is 18.5 Å². The van der Waals surface area contributed by atoms with Gasteiger partial charge in [-0.1, -0.05) is 17.2 Å². The van der Waals surface area contributed by atoms with E-state index < -0.39 is 23.9 Å². The summed E-state index contributed by atoms with van der Waals surface area (Å²) >= 11 is 0. The molecule has 0 bridgehead atoms. The van der Waals surface area contributed by atoms with Crippen molar-refractivity contribution in [2.24, 2.45) is 5.11 Å².